The summed E-state index contributed by atoms with van der Waals surface area (Å²) >= 11 is 3.26. The zero-order valence-electron chi connectivity index (χ0n) is 10.1. The van der Waals surface area contributed by atoms with Gasteiger partial charge in [-0.3, -0.25) is 4.79 Å². The smallest absolute Gasteiger partial charge is 0.152 e. The van der Waals surface area contributed by atoms with Gasteiger partial charge in [0.25, 0.3) is 0 Å². The Hall–Kier alpha value is -0.770. The molecule has 0 aromatic heterocycles. The second-order valence-corrected chi connectivity index (χ2v) is 6.13. The molecule has 0 saturated heterocycles. The molecule has 0 fully saturated rings. The summed E-state index contributed by atoms with van der Waals surface area (Å²) in [5.74, 6) is -1.23. The van der Waals surface area contributed by atoms with Gasteiger partial charge in [0.2, 0.25) is 0 Å². The van der Waals surface area contributed by atoms with E-state index in [0.717, 1.165) is 6.07 Å². The minimum atomic E-state index is -0.615. The van der Waals surface area contributed by atoms with E-state index in [1.165, 1.54) is 12.1 Å². The molecule has 0 spiro atoms. The van der Waals surface area contributed by atoms with E-state index < -0.39 is 21.9 Å². The topological polar surface area (TPSA) is 17.1 Å². The molecule has 1 aromatic rings. The maximum absolute atomic E-state index is 13.4. The van der Waals surface area contributed by atoms with E-state index >= 15 is 0 Å². The van der Waals surface area contributed by atoms with Crippen LogP contribution in [0.25, 0.3) is 0 Å². The molecule has 1 unspecified atom stereocenters. The lowest BCUT2D eigenvalue weighted by molar-refractivity contribution is -0.125. The summed E-state index contributed by atoms with van der Waals surface area (Å²) in [5.41, 5.74) is -0.143. The van der Waals surface area contributed by atoms with E-state index in [4.69, 9.17) is 0 Å². The first-order valence-electron chi connectivity index (χ1n) is 5.34. The van der Waals surface area contributed by atoms with Crippen LogP contribution in [0.5, 0.6) is 0 Å². The zero-order chi connectivity index (χ0) is 13.2. The third-order valence-corrected chi connectivity index (χ3v) is 3.18. The number of hydrogen-bond acceptors (Lipinski definition) is 1. The number of benzene rings is 1. The van der Waals surface area contributed by atoms with Crippen LogP contribution in [0.1, 0.15) is 26.3 Å². The van der Waals surface area contributed by atoms with Gasteiger partial charge in [-0.05, 0) is 18.1 Å². The Morgan fingerprint density at radius 2 is 1.94 bits per heavy atom. The fourth-order valence-corrected chi connectivity index (χ4v) is 2.48. The molecule has 0 heterocycles. The summed E-state index contributed by atoms with van der Waals surface area (Å²) in [5, 5.41) is 0. The Kier molecular flexibility index (Phi) is 4.42. The van der Waals surface area contributed by atoms with Crippen LogP contribution in [-0.2, 0) is 11.2 Å². The van der Waals surface area contributed by atoms with Crippen LogP contribution in [-0.4, -0.2) is 10.6 Å². The molecule has 0 N–H and O–H groups in total. The molecule has 0 aliphatic carbocycles. The van der Waals surface area contributed by atoms with Crippen LogP contribution in [0, 0.1) is 17.0 Å². The lowest BCUT2D eigenvalue weighted by Crippen LogP contribution is -2.30. The lowest BCUT2D eigenvalue weighted by Gasteiger charge is -2.20. The van der Waals surface area contributed by atoms with Crippen LogP contribution in [0.15, 0.2) is 18.2 Å². The number of ketones is 1. The normalized spacial score (nSPS) is 13.5. The first kappa shape index (κ1) is 14.3. The van der Waals surface area contributed by atoms with Crippen molar-refractivity contribution in [1.82, 2.24) is 0 Å². The first-order valence-corrected chi connectivity index (χ1v) is 6.25. The highest BCUT2D eigenvalue weighted by Crippen LogP contribution is 2.24. The Morgan fingerprint density at radius 1 is 1.35 bits per heavy atom. The number of rotatable bonds is 3. The molecule has 1 atom stereocenters. The van der Waals surface area contributed by atoms with Crippen LogP contribution in [0.3, 0.4) is 0 Å². The third-order valence-electron chi connectivity index (χ3n) is 2.44. The minimum Gasteiger partial charge on any atom is -0.298 e. The standard InChI is InChI=1S/C13H15BrF2O/c1-13(2,3)12(17)10(14)6-8-4-5-9(15)7-11(8)16/h4-5,7,10H,6H2,1-3H3. The maximum Gasteiger partial charge on any atom is 0.152 e. The molecule has 0 saturated carbocycles. The molecule has 0 radical (unpaired) electrons. The Bertz CT molecular complexity index is 424. The van der Waals surface area contributed by atoms with E-state index in [2.05, 4.69) is 15.9 Å². The van der Waals surface area contributed by atoms with Crippen molar-refractivity contribution in [3.05, 3.63) is 35.4 Å². The van der Waals surface area contributed by atoms with E-state index in [1.54, 1.807) is 0 Å². The number of halogens is 3. The average Bonchev–Trinajstić information content (AvgIpc) is 2.19. The number of carbonyl (C=O) groups is 1. The summed E-state index contributed by atoms with van der Waals surface area (Å²) in [6, 6.07) is 3.39. The summed E-state index contributed by atoms with van der Waals surface area (Å²) in [7, 11) is 0. The Labute approximate surface area is 108 Å². The predicted molar refractivity (Wildman–Crippen MR) is 67.2 cm³/mol. The molecule has 0 bridgehead atoms. The monoisotopic (exact) mass is 304 g/mol. The highest BCUT2D eigenvalue weighted by molar-refractivity contribution is 9.10. The van der Waals surface area contributed by atoms with Gasteiger partial charge in [-0.2, -0.15) is 0 Å². The van der Waals surface area contributed by atoms with Crippen molar-refractivity contribution in [2.75, 3.05) is 0 Å². The van der Waals surface area contributed by atoms with Gasteiger partial charge < -0.3 is 0 Å². The molecule has 1 aromatic carbocycles. The van der Waals surface area contributed by atoms with E-state index in [-0.39, 0.29) is 12.2 Å². The number of hydrogen-bond donors (Lipinski definition) is 0. The molecule has 4 heteroatoms. The van der Waals surface area contributed by atoms with E-state index in [9.17, 15) is 13.6 Å². The van der Waals surface area contributed by atoms with Gasteiger partial charge in [0.05, 0.1) is 4.83 Å². The second kappa shape index (κ2) is 5.25. The van der Waals surface area contributed by atoms with Crippen LogP contribution < -0.4 is 0 Å². The number of Topliss-reactive ketones (excluding diaryl/α,β-unsaturated/α-hetero) is 1. The fourth-order valence-electron chi connectivity index (χ4n) is 1.44. The molecule has 0 amide bonds. The quantitative estimate of drug-likeness (QED) is 0.774. The van der Waals surface area contributed by atoms with Gasteiger partial charge in [0.15, 0.2) is 5.78 Å². The highest BCUT2D eigenvalue weighted by Gasteiger charge is 2.28. The van der Waals surface area contributed by atoms with Crippen molar-refractivity contribution in [2.24, 2.45) is 5.41 Å². The van der Waals surface area contributed by atoms with Crippen molar-refractivity contribution >= 4 is 21.7 Å². The van der Waals surface area contributed by atoms with E-state index in [0.29, 0.717) is 5.56 Å². The second-order valence-electron chi connectivity index (χ2n) is 5.02. The summed E-state index contributed by atoms with van der Waals surface area (Å²) in [6.07, 6.45) is 0.224. The van der Waals surface area contributed by atoms with Crippen LogP contribution >= 0.6 is 15.9 Å². The van der Waals surface area contributed by atoms with Gasteiger partial charge in [-0.15, -0.1) is 0 Å². The molecular formula is C13H15BrF2O. The summed E-state index contributed by atoms with van der Waals surface area (Å²) in [4.78, 5) is 11.4. The van der Waals surface area contributed by atoms with E-state index in [1.807, 2.05) is 20.8 Å². The van der Waals surface area contributed by atoms with Gasteiger partial charge in [-0.25, -0.2) is 8.78 Å². The maximum atomic E-state index is 13.4. The fraction of sp³-hybridized carbons (Fsp3) is 0.462. The lowest BCUT2D eigenvalue weighted by atomic mass is 9.87. The first-order chi connectivity index (χ1) is 7.71. The van der Waals surface area contributed by atoms with Crippen molar-refractivity contribution < 1.29 is 13.6 Å². The van der Waals surface area contributed by atoms with Crippen LogP contribution in [0.2, 0.25) is 0 Å². The molecule has 0 aliphatic heterocycles. The highest BCUT2D eigenvalue weighted by atomic mass is 79.9. The van der Waals surface area contributed by atoms with Gasteiger partial charge in [-0.1, -0.05) is 42.8 Å². The molecule has 0 aliphatic rings. The van der Waals surface area contributed by atoms with Crippen LogP contribution in [0.4, 0.5) is 8.78 Å². The Balaban J connectivity index is 2.81. The molecule has 1 rings (SSSR count). The number of carbonyl (C=O) groups excluding carboxylic acids is 1. The van der Waals surface area contributed by atoms with Gasteiger partial charge in [0, 0.05) is 11.5 Å². The SMILES string of the molecule is CC(C)(C)C(=O)C(Br)Cc1ccc(F)cc1F. The summed E-state index contributed by atoms with van der Waals surface area (Å²) in [6.45, 7) is 5.43. The van der Waals surface area contributed by atoms with Crippen molar-refractivity contribution in [2.45, 2.75) is 32.0 Å². The van der Waals surface area contributed by atoms with Gasteiger partial charge in [0.1, 0.15) is 11.6 Å². The molecular weight excluding hydrogens is 290 g/mol. The Morgan fingerprint density at radius 3 is 2.41 bits per heavy atom. The third kappa shape index (κ3) is 3.87. The predicted octanol–water partition coefficient (Wildman–Crippen LogP) is 3.89. The van der Waals surface area contributed by atoms with Gasteiger partial charge >= 0.3 is 0 Å². The van der Waals surface area contributed by atoms with Crippen molar-refractivity contribution in [3.8, 4) is 0 Å². The average molecular weight is 305 g/mol. The largest absolute Gasteiger partial charge is 0.298 e. The zero-order valence-corrected chi connectivity index (χ0v) is 11.6. The summed E-state index contributed by atoms with van der Waals surface area (Å²) < 4.78 is 26.1. The minimum absolute atomic E-state index is 0.00113. The molecule has 1 nitrogen and oxygen atoms in total. The molecule has 94 valence electrons. The van der Waals surface area contributed by atoms with Crippen molar-refractivity contribution in [1.29, 1.82) is 0 Å². The molecule has 17 heavy (non-hydrogen) atoms. The van der Waals surface area contributed by atoms with Crippen molar-refractivity contribution in [3.63, 3.8) is 0 Å². The number of alkyl halides is 1.